The van der Waals surface area contributed by atoms with E-state index < -0.39 is 43.0 Å². The van der Waals surface area contributed by atoms with Crippen molar-refractivity contribution in [3.05, 3.63) is 0 Å². The Hall–Kier alpha value is -0.730. The molecule has 1 unspecified atom stereocenters. The first-order chi connectivity index (χ1) is 6.49. The van der Waals surface area contributed by atoms with Gasteiger partial charge in [0.2, 0.25) is 5.91 Å². The fourth-order valence-corrected chi connectivity index (χ4v) is 1.34. The summed E-state index contributed by atoms with van der Waals surface area (Å²) in [7, 11) is 0. The van der Waals surface area contributed by atoms with Crippen LogP contribution in [0.2, 0.25) is 0 Å². The number of carbonyl (C=O) groups is 1. The lowest BCUT2D eigenvalue weighted by atomic mass is 9.95. The van der Waals surface area contributed by atoms with Crippen molar-refractivity contribution in [2.24, 2.45) is 5.73 Å². The highest BCUT2D eigenvalue weighted by atomic mass is 16.5. The molecule has 7 nitrogen and oxygen atoms in total. The largest absolute Gasteiger partial charge is 0.394 e. The number of hydrogen-bond acceptors (Lipinski definition) is 6. The SMILES string of the molecule is NC(=O)C1O[C@H](CO)[C@@H](O)[C@H](O)[C@@H]1O. The zero-order valence-corrected chi connectivity index (χ0v) is 7.28. The second kappa shape index (κ2) is 4.20. The predicted octanol–water partition coefficient (Wildman–Crippen LogP) is -3.69. The molecule has 7 heteroatoms. The topological polar surface area (TPSA) is 133 Å². The number of primary amides is 1. The van der Waals surface area contributed by atoms with Gasteiger partial charge in [-0.2, -0.15) is 0 Å². The summed E-state index contributed by atoms with van der Waals surface area (Å²) >= 11 is 0. The van der Waals surface area contributed by atoms with Gasteiger partial charge >= 0.3 is 0 Å². The highest BCUT2D eigenvalue weighted by molar-refractivity contribution is 5.79. The molecule has 0 saturated carbocycles. The summed E-state index contributed by atoms with van der Waals surface area (Å²) in [4.78, 5) is 10.7. The van der Waals surface area contributed by atoms with E-state index in [4.69, 9.17) is 15.6 Å². The van der Waals surface area contributed by atoms with Crippen molar-refractivity contribution in [1.29, 1.82) is 0 Å². The highest BCUT2D eigenvalue weighted by Gasteiger charge is 2.45. The minimum Gasteiger partial charge on any atom is -0.394 e. The molecule has 0 bridgehead atoms. The Morgan fingerprint density at radius 2 is 1.79 bits per heavy atom. The summed E-state index contributed by atoms with van der Waals surface area (Å²) in [5.41, 5.74) is 4.88. The van der Waals surface area contributed by atoms with Gasteiger partial charge < -0.3 is 30.9 Å². The third-order valence-corrected chi connectivity index (χ3v) is 2.17. The molecule has 0 radical (unpaired) electrons. The van der Waals surface area contributed by atoms with Gasteiger partial charge in [0.25, 0.3) is 0 Å². The average Bonchev–Trinajstić information content (AvgIpc) is 2.14. The summed E-state index contributed by atoms with van der Waals surface area (Å²) in [5.74, 6) is -0.957. The Bertz CT molecular complexity index is 220. The second-order valence-electron chi connectivity index (χ2n) is 3.15. The van der Waals surface area contributed by atoms with Gasteiger partial charge in [0.15, 0.2) is 6.10 Å². The Labute approximate surface area is 79.7 Å². The Morgan fingerprint density at radius 1 is 1.21 bits per heavy atom. The minimum atomic E-state index is -1.58. The molecule has 1 rings (SSSR count). The van der Waals surface area contributed by atoms with Crippen LogP contribution in [-0.2, 0) is 9.53 Å². The van der Waals surface area contributed by atoms with Crippen LogP contribution in [0.3, 0.4) is 0 Å². The standard InChI is InChI=1S/C7H13NO6/c8-7(13)6-5(12)4(11)3(10)2(1-9)14-6/h2-6,9-12H,1H2,(H2,8,13)/t2-,3-,4+,5+,6?/m1/s1. The first-order valence-electron chi connectivity index (χ1n) is 4.09. The lowest BCUT2D eigenvalue weighted by Gasteiger charge is -2.38. The van der Waals surface area contributed by atoms with Crippen LogP contribution in [0.15, 0.2) is 0 Å². The van der Waals surface area contributed by atoms with E-state index in [1.54, 1.807) is 0 Å². The van der Waals surface area contributed by atoms with Crippen LogP contribution in [0.1, 0.15) is 0 Å². The van der Waals surface area contributed by atoms with Gasteiger partial charge in [-0.25, -0.2) is 0 Å². The van der Waals surface area contributed by atoms with Gasteiger partial charge in [-0.05, 0) is 0 Å². The molecule has 14 heavy (non-hydrogen) atoms. The Balaban J connectivity index is 2.78. The maximum absolute atomic E-state index is 10.7. The molecule has 1 saturated heterocycles. The van der Waals surface area contributed by atoms with Gasteiger partial charge in [-0.1, -0.05) is 0 Å². The Morgan fingerprint density at radius 3 is 2.21 bits per heavy atom. The first-order valence-corrected chi connectivity index (χ1v) is 4.09. The second-order valence-corrected chi connectivity index (χ2v) is 3.15. The molecular formula is C7H13NO6. The minimum absolute atomic E-state index is 0.575. The number of hydrogen-bond donors (Lipinski definition) is 5. The summed E-state index contributed by atoms with van der Waals surface area (Å²) in [6.45, 7) is -0.575. The molecule has 1 aliphatic rings. The molecule has 0 aliphatic carbocycles. The smallest absolute Gasteiger partial charge is 0.249 e. The van der Waals surface area contributed by atoms with Crippen molar-refractivity contribution in [2.75, 3.05) is 6.61 Å². The van der Waals surface area contributed by atoms with E-state index in [1.165, 1.54) is 0 Å². The zero-order valence-electron chi connectivity index (χ0n) is 7.28. The number of aliphatic hydroxyl groups excluding tert-OH is 4. The fraction of sp³-hybridized carbons (Fsp3) is 0.857. The molecule has 0 aromatic rings. The lowest BCUT2D eigenvalue weighted by molar-refractivity contribution is -0.225. The van der Waals surface area contributed by atoms with Crippen molar-refractivity contribution in [1.82, 2.24) is 0 Å². The molecule has 6 N–H and O–H groups in total. The van der Waals surface area contributed by atoms with Crippen LogP contribution in [0, 0.1) is 0 Å². The molecule has 0 spiro atoms. The first kappa shape index (κ1) is 11.3. The average molecular weight is 207 g/mol. The van der Waals surface area contributed by atoms with Crippen LogP contribution >= 0.6 is 0 Å². The summed E-state index contributed by atoms with van der Waals surface area (Å²) < 4.78 is 4.81. The van der Waals surface area contributed by atoms with Gasteiger partial charge in [-0.3, -0.25) is 4.79 Å². The van der Waals surface area contributed by atoms with Crippen LogP contribution < -0.4 is 5.73 Å². The third-order valence-electron chi connectivity index (χ3n) is 2.17. The number of aliphatic hydroxyl groups is 4. The summed E-state index contributed by atoms with van der Waals surface area (Å²) in [6, 6.07) is 0. The zero-order chi connectivity index (χ0) is 10.9. The molecule has 1 amide bonds. The third kappa shape index (κ3) is 1.86. The van der Waals surface area contributed by atoms with E-state index in [2.05, 4.69) is 0 Å². The molecule has 5 atom stereocenters. The van der Waals surface area contributed by atoms with Crippen molar-refractivity contribution in [3.63, 3.8) is 0 Å². The van der Waals surface area contributed by atoms with E-state index in [1.807, 2.05) is 0 Å². The van der Waals surface area contributed by atoms with E-state index in [0.717, 1.165) is 0 Å². The molecule has 1 heterocycles. The van der Waals surface area contributed by atoms with Crippen molar-refractivity contribution < 1.29 is 30.0 Å². The number of nitrogens with two attached hydrogens (primary N) is 1. The maximum atomic E-state index is 10.7. The molecule has 0 aromatic carbocycles. The van der Waals surface area contributed by atoms with Gasteiger partial charge in [-0.15, -0.1) is 0 Å². The number of amides is 1. The van der Waals surface area contributed by atoms with Crippen molar-refractivity contribution in [2.45, 2.75) is 30.5 Å². The normalized spacial score (nSPS) is 43.6. The molecule has 82 valence electrons. The maximum Gasteiger partial charge on any atom is 0.249 e. The molecule has 1 fully saturated rings. The Kier molecular flexibility index (Phi) is 3.40. The van der Waals surface area contributed by atoms with Gasteiger partial charge in [0.05, 0.1) is 6.61 Å². The van der Waals surface area contributed by atoms with Crippen LogP contribution in [-0.4, -0.2) is 63.5 Å². The van der Waals surface area contributed by atoms with Crippen molar-refractivity contribution in [3.8, 4) is 0 Å². The molecule has 1 aliphatic heterocycles. The number of ether oxygens (including phenoxy) is 1. The quantitative estimate of drug-likeness (QED) is 0.316. The van der Waals surface area contributed by atoms with Crippen molar-refractivity contribution >= 4 is 5.91 Å². The van der Waals surface area contributed by atoms with E-state index in [0.29, 0.717) is 0 Å². The van der Waals surface area contributed by atoms with Crippen LogP contribution in [0.5, 0.6) is 0 Å². The van der Waals surface area contributed by atoms with E-state index in [-0.39, 0.29) is 0 Å². The fourth-order valence-electron chi connectivity index (χ4n) is 1.34. The van der Waals surface area contributed by atoms with Gasteiger partial charge in [0.1, 0.15) is 24.4 Å². The molecule has 0 aromatic heterocycles. The van der Waals surface area contributed by atoms with E-state index in [9.17, 15) is 20.1 Å². The summed E-state index contributed by atoms with van der Waals surface area (Å²) in [6.07, 6.45) is -7.11. The molecular weight excluding hydrogens is 194 g/mol. The number of carbonyl (C=O) groups excluding carboxylic acids is 1. The predicted molar refractivity (Wildman–Crippen MR) is 43.0 cm³/mol. The van der Waals surface area contributed by atoms with E-state index >= 15 is 0 Å². The summed E-state index contributed by atoms with van der Waals surface area (Å²) in [5, 5.41) is 36.5. The number of rotatable bonds is 2. The lowest BCUT2D eigenvalue weighted by Crippen LogP contribution is -2.61. The van der Waals surface area contributed by atoms with Crippen LogP contribution in [0.25, 0.3) is 0 Å². The highest BCUT2D eigenvalue weighted by Crippen LogP contribution is 2.20. The van der Waals surface area contributed by atoms with Gasteiger partial charge in [0, 0.05) is 0 Å². The van der Waals surface area contributed by atoms with Crippen LogP contribution in [0.4, 0.5) is 0 Å². The monoisotopic (exact) mass is 207 g/mol.